The van der Waals surface area contributed by atoms with Crippen molar-refractivity contribution < 1.29 is 9.59 Å². The molecule has 0 atom stereocenters. The summed E-state index contributed by atoms with van der Waals surface area (Å²) in [6, 6.07) is 11.0. The van der Waals surface area contributed by atoms with Gasteiger partial charge < -0.3 is 22.1 Å². The molecule has 0 aliphatic carbocycles. The van der Waals surface area contributed by atoms with Gasteiger partial charge in [0.2, 0.25) is 5.91 Å². The lowest BCUT2D eigenvalue weighted by Crippen LogP contribution is -2.28. The lowest BCUT2D eigenvalue weighted by atomic mass is 9.98. The van der Waals surface area contributed by atoms with Crippen LogP contribution in [0, 0.1) is 5.41 Å². The Bertz CT molecular complexity index is 801. The second-order valence-corrected chi connectivity index (χ2v) is 5.11. The Kier molecular flexibility index (Phi) is 5.16. The van der Waals surface area contributed by atoms with Gasteiger partial charge >= 0.3 is 6.03 Å². The SMILES string of the molecule is CCNC(=O)Nc1cccc(C(=N)c2cc(C(N)=O)ccc2N)c1. The summed E-state index contributed by atoms with van der Waals surface area (Å²) in [5, 5.41) is 13.7. The van der Waals surface area contributed by atoms with Crippen LogP contribution < -0.4 is 22.1 Å². The molecule has 0 saturated heterocycles. The summed E-state index contributed by atoms with van der Waals surface area (Å²) in [5.41, 5.74) is 13.5. The fraction of sp³-hybridized carbons (Fsp3) is 0.118. The first kappa shape index (κ1) is 17.0. The summed E-state index contributed by atoms with van der Waals surface area (Å²) in [5.74, 6) is -0.587. The van der Waals surface area contributed by atoms with Crippen LogP contribution in [0.1, 0.15) is 28.4 Å². The van der Waals surface area contributed by atoms with Crippen LogP contribution in [0.4, 0.5) is 16.2 Å². The molecule has 7 N–H and O–H groups in total. The van der Waals surface area contributed by atoms with Gasteiger partial charge in [-0.05, 0) is 37.3 Å². The fourth-order valence-electron chi connectivity index (χ4n) is 2.17. The van der Waals surface area contributed by atoms with Crippen molar-refractivity contribution in [1.82, 2.24) is 5.32 Å². The van der Waals surface area contributed by atoms with E-state index >= 15 is 0 Å². The summed E-state index contributed by atoms with van der Waals surface area (Å²) < 4.78 is 0. The van der Waals surface area contributed by atoms with E-state index in [1.165, 1.54) is 12.1 Å². The van der Waals surface area contributed by atoms with Crippen LogP contribution in [0.5, 0.6) is 0 Å². The molecule has 0 bridgehead atoms. The van der Waals surface area contributed by atoms with Crippen LogP contribution in [0.15, 0.2) is 42.5 Å². The largest absolute Gasteiger partial charge is 0.398 e. The van der Waals surface area contributed by atoms with E-state index in [2.05, 4.69) is 10.6 Å². The van der Waals surface area contributed by atoms with E-state index in [-0.39, 0.29) is 17.3 Å². The van der Waals surface area contributed by atoms with E-state index in [0.717, 1.165) is 0 Å². The van der Waals surface area contributed by atoms with Crippen LogP contribution in [0.2, 0.25) is 0 Å². The second-order valence-electron chi connectivity index (χ2n) is 5.11. The molecule has 0 unspecified atom stereocenters. The van der Waals surface area contributed by atoms with Crippen molar-refractivity contribution in [2.45, 2.75) is 6.92 Å². The summed E-state index contributed by atoms with van der Waals surface area (Å²) in [6.45, 7) is 2.33. The Hall–Kier alpha value is -3.35. The number of carbonyl (C=O) groups excluding carboxylic acids is 2. The molecular formula is C17H19N5O2. The molecule has 0 saturated carbocycles. The van der Waals surface area contributed by atoms with Gasteiger partial charge in [-0.3, -0.25) is 10.2 Å². The van der Waals surface area contributed by atoms with E-state index < -0.39 is 5.91 Å². The van der Waals surface area contributed by atoms with Crippen LogP contribution in [0.25, 0.3) is 0 Å². The van der Waals surface area contributed by atoms with Crippen LogP contribution >= 0.6 is 0 Å². The van der Waals surface area contributed by atoms with Crippen molar-refractivity contribution in [3.05, 3.63) is 59.2 Å². The minimum Gasteiger partial charge on any atom is -0.398 e. The second kappa shape index (κ2) is 7.28. The molecule has 3 amide bonds. The van der Waals surface area contributed by atoms with Gasteiger partial charge in [0.25, 0.3) is 0 Å². The molecule has 0 aliphatic rings. The van der Waals surface area contributed by atoms with Gasteiger partial charge in [-0.15, -0.1) is 0 Å². The third kappa shape index (κ3) is 3.89. The highest BCUT2D eigenvalue weighted by atomic mass is 16.2. The zero-order chi connectivity index (χ0) is 17.7. The van der Waals surface area contributed by atoms with Crippen molar-refractivity contribution in [2.24, 2.45) is 5.73 Å². The molecule has 124 valence electrons. The molecule has 0 spiro atoms. The molecule has 24 heavy (non-hydrogen) atoms. The van der Waals surface area contributed by atoms with Gasteiger partial charge in [-0.2, -0.15) is 0 Å². The molecular weight excluding hydrogens is 306 g/mol. The van der Waals surface area contributed by atoms with E-state index in [0.29, 0.717) is 29.0 Å². The van der Waals surface area contributed by atoms with E-state index in [1.807, 2.05) is 6.92 Å². The van der Waals surface area contributed by atoms with E-state index in [1.54, 1.807) is 30.3 Å². The van der Waals surface area contributed by atoms with Gasteiger partial charge in [0.1, 0.15) is 0 Å². The topological polar surface area (TPSA) is 134 Å². The number of carbonyl (C=O) groups is 2. The fourth-order valence-corrected chi connectivity index (χ4v) is 2.17. The molecule has 2 rings (SSSR count). The Balaban J connectivity index is 2.32. The highest BCUT2D eigenvalue weighted by Gasteiger charge is 2.12. The molecule has 7 nitrogen and oxygen atoms in total. The van der Waals surface area contributed by atoms with Crippen molar-refractivity contribution in [2.75, 3.05) is 17.6 Å². The number of hydrogen-bond donors (Lipinski definition) is 5. The first-order chi connectivity index (χ1) is 11.4. The highest BCUT2D eigenvalue weighted by Crippen LogP contribution is 2.20. The monoisotopic (exact) mass is 325 g/mol. The standard InChI is InChI=1S/C17H19N5O2/c1-2-21-17(24)22-12-5-3-4-10(8-12)15(19)13-9-11(16(20)23)6-7-14(13)18/h3-9,19H,2,18H2,1H3,(H2,20,23)(H2,21,22,24). The summed E-state index contributed by atoms with van der Waals surface area (Å²) >= 11 is 0. The molecule has 0 heterocycles. The summed E-state index contributed by atoms with van der Waals surface area (Å²) in [4.78, 5) is 22.9. The summed E-state index contributed by atoms with van der Waals surface area (Å²) in [6.07, 6.45) is 0. The predicted molar refractivity (Wildman–Crippen MR) is 94.4 cm³/mol. The van der Waals surface area contributed by atoms with Crippen molar-refractivity contribution in [1.29, 1.82) is 5.41 Å². The van der Waals surface area contributed by atoms with Gasteiger partial charge in [-0.1, -0.05) is 12.1 Å². The smallest absolute Gasteiger partial charge is 0.319 e. The van der Waals surface area contributed by atoms with Gasteiger partial charge in [0, 0.05) is 34.6 Å². The quantitative estimate of drug-likeness (QED) is 0.424. The van der Waals surface area contributed by atoms with Crippen LogP contribution in [-0.4, -0.2) is 24.2 Å². The van der Waals surface area contributed by atoms with Gasteiger partial charge in [0.05, 0.1) is 5.71 Å². The normalized spacial score (nSPS) is 10.0. The van der Waals surface area contributed by atoms with Crippen LogP contribution in [-0.2, 0) is 0 Å². The minimum absolute atomic E-state index is 0.134. The van der Waals surface area contributed by atoms with E-state index in [4.69, 9.17) is 16.9 Å². The Labute approximate surface area is 139 Å². The van der Waals surface area contributed by atoms with Gasteiger partial charge in [-0.25, -0.2) is 4.79 Å². The Morgan fingerprint density at radius 1 is 1.12 bits per heavy atom. The van der Waals surface area contributed by atoms with Crippen LogP contribution in [0.3, 0.4) is 0 Å². The number of rotatable bonds is 5. The van der Waals surface area contributed by atoms with Crippen molar-refractivity contribution >= 4 is 29.0 Å². The number of amides is 3. The van der Waals surface area contributed by atoms with E-state index in [9.17, 15) is 9.59 Å². The first-order valence-electron chi connectivity index (χ1n) is 7.36. The Morgan fingerprint density at radius 3 is 2.54 bits per heavy atom. The average Bonchev–Trinajstić information content (AvgIpc) is 2.55. The maximum Gasteiger partial charge on any atom is 0.319 e. The number of nitrogens with two attached hydrogens (primary N) is 2. The number of anilines is 2. The minimum atomic E-state index is -0.587. The number of hydrogen-bond acceptors (Lipinski definition) is 4. The maximum absolute atomic E-state index is 11.6. The molecule has 0 fully saturated rings. The lowest BCUT2D eigenvalue weighted by molar-refractivity contribution is 0.100. The first-order valence-corrected chi connectivity index (χ1v) is 7.36. The molecule has 2 aromatic carbocycles. The number of primary amides is 1. The lowest BCUT2D eigenvalue weighted by Gasteiger charge is -2.11. The summed E-state index contributed by atoms with van der Waals surface area (Å²) in [7, 11) is 0. The third-order valence-corrected chi connectivity index (χ3v) is 3.35. The third-order valence-electron chi connectivity index (χ3n) is 3.35. The average molecular weight is 325 g/mol. The maximum atomic E-state index is 11.6. The molecule has 0 aliphatic heterocycles. The zero-order valence-corrected chi connectivity index (χ0v) is 13.2. The van der Waals surface area contributed by atoms with Crippen molar-refractivity contribution in [3.8, 4) is 0 Å². The van der Waals surface area contributed by atoms with Crippen molar-refractivity contribution in [3.63, 3.8) is 0 Å². The number of urea groups is 1. The number of nitrogen functional groups attached to an aromatic ring is 1. The molecule has 0 aromatic heterocycles. The molecule has 0 radical (unpaired) electrons. The Morgan fingerprint density at radius 2 is 1.88 bits per heavy atom. The molecule has 2 aromatic rings. The predicted octanol–water partition coefficient (Wildman–Crippen LogP) is 1.93. The number of nitrogens with one attached hydrogen (secondary N) is 3. The zero-order valence-electron chi connectivity index (χ0n) is 13.2. The number of benzene rings is 2. The molecule has 7 heteroatoms. The van der Waals surface area contributed by atoms with Gasteiger partial charge in [0.15, 0.2) is 0 Å². The highest BCUT2D eigenvalue weighted by molar-refractivity contribution is 6.15.